The number of carboxylic acid groups (broad SMARTS) is 1. The number of aromatic hydroxyl groups is 2. The van der Waals surface area contributed by atoms with Crippen LogP contribution in [-0.2, 0) is 11.2 Å². The lowest BCUT2D eigenvalue weighted by Gasteiger charge is -2.12. The Bertz CT molecular complexity index is 373. The van der Waals surface area contributed by atoms with Crippen LogP contribution in [-0.4, -0.2) is 45.6 Å². The second-order valence-corrected chi connectivity index (χ2v) is 3.55. The minimum absolute atomic E-state index is 0.0392. The van der Waals surface area contributed by atoms with Crippen LogP contribution in [0.5, 0.6) is 11.5 Å². The van der Waals surface area contributed by atoms with Gasteiger partial charge < -0.3 is 25.7 Å². The predicted molar refractivity (Wildman–Crippen MR) is 60.0 cm³/mol. The van der Waals surface area contributed by atoms with Crippen LogP contribution in [0.2, 0.25) is 0 Å². The highest BCUT2D eigenvalue weighted by molar-refractivity contribution is 5.73. The Balaban J connectivity index is 2.54. The van der Waals surface area contributed by atoms with Crippen LogP contribution < -0.4 is 5.32 Å². The second-order valence-electron chi connectivity index (χ2n) is 3.55. The highest BCUT2D eigenvalue weighted by atomic mass is 16.4. The van der Waals surface area contributed by atoms with Gasteiger partial charge in [-0.05, 0) is 18.6 Å². The number of carbonyl (C=O) groups is 1. The van der Waals surface area contributed by atoms with Gasteiger partial charge in [-0.25, -0.2) is 0 Å². The molecule has 0 unspecified atom stereocenters. The van der Waals surface area contributed by atoms with Gasteiger partial charge in [0, 0.05) is 12.1 Å². The highest BCUT2D eigenvalue weighted by Crippen LogP contribution is 2.26. The van der Waals surface area contributed by atoms with E-state index in [0.717, 1.165) is 0 Å². The van der Waals surface area contributed by atoms with Crippen LogP contribution >= 0.6 is 0 Å². The number of benzene rings is 1. The SMILES string of the molecule is O=C(O)[C@H](CO)NCCc1c(O)cccc1O. The number of aliphatic hydroxyl groups is 1. The Morgan fingerprint density at radius 1 is 1.29 bits per heavy atom. The molecule has 0 spiro atoms. The Morgan fingerprint density at radius 3 is 2.35 bits per heavy atom. The molecule has 0 aromatic heterocycles. The van der Waals surface area contributed by atoms with Gasteiger partial charge in [0.25, 0.3) is 0 Å². The third kappa shape index (κ3) is 3.61. The molecule has 0 aliphatic heterocycles. The minimum Gasteiger partial charge on any atom is -0.508 e. The summed E-state index contributed by atoms with van der Waals surface area (Å²) in [5, 5.41) is 39.0. The molecule has 1 rings (SSSR count). The van der Waals surface area contributed by atoms with Crippen LogP contribution in [0.3, 0.4) is 0 Å². The summed E-state index contributed by atoms with van der Waals surface area (Å²) in [4.78, 5) is 10.6. The number of carboxylic acids is 1. The van der Waals surface area contributed by atoms with Gasteiger partial charge in [-0.15, -0.1) is 0 Å². The fraction of sp³-hybridized carbons (Fsp3) is 0.364. The van der Waals surface area contributed by atoms with E-state index >= 15 is 0 Å². The largest absolute Gasteiger partial charge is 0.508 e. The third-order valence-corrected chi connectivity index (χ3v) is 2.37. The zero-order valence-corrected chi connectivity index (χ0v) is 9.13. The summed E-state index contributed by atoms with van der Waals surface area (Å²) in [6, 6.07) is 3.35. The van der Waals surface area contributed by atoms with Gasteiger partial charge in [0.1, 0.15) is 17.5 Å². The molecule has 0 aliphatic rings. The summed E-state index contributed by atoms with van der Waals surface area (Å²) in [5.41, 5.74) is 0.349. The molecule has 0 heterocycles. The van der Waals surface area contributed by atoms with E-state index in [1.165, 1.54) is 18.2 Å². The van der Waals surface area contributed by atoms with Gasteiger partial charge in [-0.3, -0.25) is 4.79 Å². The van der Waals surface area contributed by atoms with Crippen LogP contribution in [0.4, 0.5) is 0 Å². The molecule has 1 atom stereocenters. The Kier molecular flexibility index (Phi) is 4.74. The first-order valence-corrected chi connectivity index (χ1v) is 5.13. The Labute approximate surface area is 98.1 Å². The average Bonchev–Trinajstić information content (AvgIpc) is 2.27. The molecular weight excluding hydrogens is 226 g/mol. The molecule has 94 valence electrons. The summed E-state index contributed by atoms with van der Waals surface area (Å²) in [5.74, 6) is -1.22. The van der Waals surface area contributed by atoms with E-state index in [2.05, 4.69) is 5.32 Å². The first kappa shape index (κ1) is 13.3. The molecule has 0 fully saturated rings. The van der Waals surface area contributed by atoms with E-state index in [9.17, 15) is 15.0 Å². The number of rotatable bonds is 6. The first-order valence-electron chi connectivity index (χ1n) is 5.13. The standard InChI is InChI=1S/C11H15NO5/c13-6-8(11(16)17)12-5-4-7-9(14)2-1-3-10(7)15/h1-3,8,12-15H,4-6H2,(H,16,17)/t8-/m0/s1. The molecule has 6 heteroatoms. The van der Waals surface area contributed by atoms with Crippen LogP contribution in [0.15, 0.2) is 18.2 Å². The van der Waals surface area contributed by atoms with E-state index in [-0.39, 0.29) is 24.5 Å². The lowest BCUT2D eigenvalue weighted by molar-refractivity contribution is -0.140. The van der Waals surface area contributed by atoms with Crippen molar-refractivity contribution >= 4 is 5.97 Å². The number of hydrogen-bond acceptors (Lipinski definition) is 5. The van der Waals surface area contributed by atoms with Gasteiger partial charge in [0.05, 0.1) is 6.61 Å². The smallest absolute Gasteiger partial charge is 0.323 e. The van der Waals surface area contributed by atoms with E-state index in [1.807, 2.05) is 0 Å². The molecule has 0 bridgehead atoms. The predicted octanol–water partition coefficient (Wildman–Crippen LogP) is -0.325. The molecule has 0 saturated carbocycles. The van der Waals surface area contributed by atoms with Crippen molar-refractivity contribution in [3.63, 3.8) is 0 Å². The second kappa shape index (κ2) is 6.07. The molecule has 5 N–H and O–H groups in total. The molecule has 17 heavy (non-hydrogen) atoms. The van der Waals surface area contributed by atoms with Crippen molar-refractivity contribution in [1.82, 2.24) is 5.32 Å². The lowest BCUT2D eigenvalue weighted by atomic mass is 10.1. The molecule has 0 aliphatic carbocycles. The summed E-state index contributed by atoms with van der Waals surface area (Å²) >= 11 is 0. The van der Waals surface area contributed by atoms with E-state index in [1.54, 1.807) is 0 Å². The first-order chi connectivity index (χ1) is 8.06. The molecule has 0 amide bonds. The fourth-order valence-corrected chi connectivity index (χ4v) is 1.42. The number of phenolic OH excluding ortho intramolecular Hbond substituents is 2. The van der Waals surface area contributed by atoms with Crippen molar-refractivity contribution in [3.05, 3.63) is 23.8 Å². The Hall–Kier alpha value is -1.79. The zero-order chi connectivity index (χ0) is 12.8. The number of phenols is 2. The fourth-order valence-electron chi connectivity index (χ4n) is 1.42. The van der Waals surface area contributed by atoms with Crippen molar-refractivity contribution in [2.24, 2.45) is 0 Å². The number of aliphatic carboxylic acids is 1. The van der Waals surface area contributed by atoms with Crippen molar-refractivity contribution in [1.29, 1.82) is 0 Å². The normalized spacial score (nSPS) is 12.3. The van der Waals surface area contributed by atoms with Gasteiger partial charge >= 0.3 is 5.97 Å². The number of aliphatic hydroxyl groups excluding tert-OH is 1. The van der Waals surface area contributed by atoms with Crippen LogP contribution in [0.1, 0.15) is 5.56 Å². The lowest BCUT2D eigenvalue weighted by Crippen LogP contribution is -2.40. The number of hydrogen-bond donors (Lipinski definition) is 5. The van der Waals surface area contributed by atoms with Gasteiger partial charge in [-0.2, -0.15) is 0 Å². The maximum atomic E-state index is 10.6. The number of nitrogens with one attached hydrogen (secondary N) is 1. The molecule has 6 nitrogen and oxygen atoms in total. The summed E-state index contributed by atoms with van der Waals surface area (Å²) in [7, 11) is 0. The Morgan fingerprint density at radius 2 is 1.88 bits per heavy atom. The average molecular weight is 241 g/mol. The minimum atomic E-state index is -1.14. The van der Waals surface area contributed by atoms with Crippen molar-refractivity contribution in [3.8, 4) is 11.5 Å². The molecule has 1 aromatic carbocycles. The van der Waals surface area contributed by atoms with Crippen molar-refractivity contribution < 1.29 is 25.2 Å². The van der Waals surface area contributed by atoms with Crippen molar-refractivity contribution in [2.75, 3.05) is 13.2 Å². The van der Waals surface area contributed by atoms with E-state index < -0.39 is 18.6 Å². The summed E-state index contributed by atoms with van der Waals surface area (Å²) in [6.07, 6.45) is 0.266. The van der Waals surface area contributed by atoms with Crippen LogP contribution in [0.25, 0.3) is 0 Å². The maximum absolute atomic E-state index is 10.6. The van der Waals surface area contributed by atoms with Gasteiger partial charge in [0.15, 0.2) is 0 Å². The van der Waals surface area contributed by atoms with Gasteiger partial charge in [-0.1, -0.05) is 6.07 Å². The molecular formula is C11H15NO5. The monoisotopic (exact) mass is 241 g/mol. The molecule has 1 aromatic rings. The summed E-state index contributed by atoms with van der Waals surface area (Å²) < 4.78 is 0. The van der Waals surface area contributed by atoms with E-state index in [0.29, 0.717) is 5.56 Å². The van der Waals surface area contributed by atoms with E-state index in [4.69, 9.17) is 10.2 Å². The quantitative estimate of drug-likeness (QED) is 0.466. The maximum Gasteiger partial charge on any atom is 0.323 e. The van der Waals surface area contributed by atoms with Crippen LogP contribution in [0, 0.1) is 0 Å². The third-order valence-electron chi connectivity index (χ3n) is 2.37. The van der Waals surface area contributed by atoms with Gasteiger partial charge in [0.2, 0.25) is 0 Å². The van der Waals surface area contributed by atoms with Crippen molar-refractivity contribution in [2.45, 2.75) is 12.5 Å². The molecule has 0 radical (unpaired) electrons. The summed E-state index contributed by atoms with van der Waals surface area (Å²) in [6.45, 7) is -0.287. The highest BCUT2D eigenvalue weighted by Gasteiger charge is 2.15. The topological polar surface area (TPSA) is 110 Å². The zero-order valence-electron chi connectivity index (χ0n) is 9.13. The molecule has 0 saturated heterocycles.